The van der Waals surface area contributed by atoms with Crippen molar-refractivity contribution in [3.05, 3.63) is 56.8 Å². The lowest BCUT2D eigenvalue weighted by Crippen LogP contribution is -2.34. The summed E-state index contributed by atoms with van der Waals surface area (Å²) in [6, 6.07) is 4.88. The predicted octanol–water partition coefficient (Wildman–Crippen LogP) is 1.24. The fourth-order valence-corrected chi connectivity index (χ4v) is 3.96. The number of halogens is 1. The molecule has 3 heterocycles. The van der Waals surface area contributed by atoms with E-state index >= 15 is 0 Å². The van der Waals surface area contributed by atoms with Gasteiger partial charge in [-0.1, -0.05) is 6.07 Å². The topological polar surface area (TPSA) is 81.0 Å². The lowest BCUT2D eigenvalue weighted by Gasteiger charge is -2.21. The first-order valence-electron chi connectivity index (χ1n) is 9.18. The third kappa shape index (κ3) is 3.31. The molecule has 6 nitrogen and oxygen atoms in total. The summed E-state index contributed by atoms with van der Waals surface area (Å²) < 4.78 is 14.3. The lowest BCUT2D eigenvalue weighted by molar-refractivity contribution is 0.0758. The molecular formula is C19H23FN4O2. The Morgan fingerprint density at radius 2 is 2.08 bits per heavy atom. The highest BCUT2D eigenvalue weighted by Crippen LogP contribution is 2.20. The van der Waals surface area contributed by atoms with E-state index in [1.54, 1.807) is 17.0 Å². The summed E-state index contributed by atoms with van der Waals surface area (Å²) in [4.78, 5) is 26.3. The van der Waals surface area contributed by atoms with Crippen LogP contribution in [-0.2, 0) is 19.3 Å². The number of fused-ring (bicyclic) bond motifs is 1. The minimum Gasteiger partial charge on any atom is -0.338 e. The SMILES string of the molecule is O=C(c1cc(CC2CCNC2)ccc1F)N1CCc2[nH][nH]c(=O)c2CC1. The van der Waals surface area contributed by atoms with Gasteiger partial charge in [0.05, 0.1) is 5.56 Å². The molecule has 7 heteroatoms. The van der Waals surface area contributed by atoms with Gasteiger partial charge in [-0.15, -0.1) is 0 Å². The van der Waals surface area contributed by atoms with Gasteiger partial charge < -0.3 is 15.3 Å². The molecular weight excluding hydrogens is 335 g/mol. The Labute approximate surface area is 150 Å². The Hall–Kier alpha value is -2.41. The van der Waals surface area contributed by atoms with E-state index in [1.807, 2.05) is 0 Å². The Morgan fingerprint density at radius 3 is 2.88 bits per heavy atom. The van der Waals surface area contributed by atoms with E-state index in [0.717, 1.165) is 37.2 Å². The van der Waals surface area contributed by atoms with Crippen LogP contribution >= 0.6 is 0 Å². The van der Waals surface area contributed by atoms with Crippen molar-refractivity contribution < 1.29 is 9.18 Å². The van der Waals surface area contributed by atoms with Gasteiger partial charge in [0.15, 0.2) is 0 Å². The molecule has 2 aliphatic heterocycles. The number of aromatic amines is 2. The number of nitrogens with one attached hydrogen (secondary N) is 3. The van der Waals surface area contributed by atoms with Crippen LogP contribution in [0.25, 0.3) is 0 Å². The maximum Gasteiger partial charge on any atom is 0.267 e. The molecule has 3 N–H and O–H groups in total. The van der Waals surface area contributed by atoms with Crippen molar-refractivity contribution in [3.8, 4) is 0 Å². The normalized spacial score (nSPS) is 20.0. The number of nitrogens with zero attached hydrogens (tertiary/aromatic N) is 1. The van der Waals surface area contributed by atoms with Crippen LogP contribution < -0.4 is 10.9 Å². The molecule has 0 aliphatic carbocycles. The van der Waals surface area contributed by atoms with E-state index in [1.165, 1.54) is 6.07 Å². The maximum absolute atomic E-state index is 14.3. The van der Waals surface area contributed by atoms with Gasteiger partial charge in [-0.25, -0.2) is 4.39 Å². The lowest BCUT2D eigenvalue weighted by atomic mass is 9.97. The standard InChI is InChI=1S/C19H23FN4O2/c20-16-2-1-12(9-13-3-6-21-11-13)10-15(16)19(26)24-7-4-14-17(5-8-24)22-23-18(14)25/h1-2,10,13,21H,3-9,11H2,(H2,22,23,25). The van der Waals surface area contributed by atoms with Crippen molar-refractivity contribution >= 4 is 5.91 Å². The van der Waals surface area contributed by atoms with Gasteiger partial charge >= 0.3 is 0 Å². The average Bonchev–Trinajstić information content (AvgIpc) is 3.21. The summed E-state index contributed by atoms with van der Waals surface area (Å²) in [5.41, 5.74) is 2.54. The summed E-state index contributed by atoms with van der Waals surface area (Å²) in [5, 5.41) is 8.79. The minimum absolute atomic E-state index is 0.132. The smallest absolute Gasteiger partial charge is 0.267 e. The molecule has 1 atom stereocenters. The Morgan fingerprint density at radius 1 is 1.23 bits per heavy atom. The molecule has 1 amide bonds. The van der Waals surface area contributed by atoms with Crippen LogP contribution in [0.5, 0.6) is 0 Å². The first-order chi connectivity index (χ1) is 12.6. The molecule has 0 radical (unpaired) electrons. The summed E-state index contributed by atoms with van der Waals surface area (Å²) in [6.45, 7) is 2.88. The molecule has 1 fully saturated rings. The van der Waals surface area contributed by atoms with Crippen LogP contribution in [0.15, 0.2) is 23.0 Å². The van der Waals surface area contributed by atoms with Crippen LogP contribution in [0, 0.1) is 11.7 Å². The molecule has 1 aromatic heterocycles. The predicted molar refractivity (Wildman–Crippen MR) is 95.8 cm³/mol. The molecule has 2 aromatic rings. The minimum atomic E-state index is -0.482. The first kappa shape index (κ1) is 17.0. The van der Waals surface area contributed by atoms with Crippen molar-refractivity contribution in [2.75, 3.05) is 26.2 Å². The van der Waals surface area contributed by atoms with Gasteiger partial charge in [-0.05, 0) is 56.0 Å². The highest BCUT2D eigenvalue weighted by atomic mass is 19.1. The molecule has 0 bridgehead atoms. The maximum atomic E-state index is 14.3. The fourth-order valence-electron chi connectivity index (χ4n) is 3.96. The zero-order valence-electron chi connectivity index (χ0n) is 14.6. The Kier molecular flexibility index (Phi) is 4.63. The zero-order chi connectivity index (χ0) is 18.1. The van der Waals surface area contributed by atoms with Gasteiger partial charge in [0.1, 0.15) is 5.82 Å². The van der Waals surface area contributed by atoms with Gasteiger partial charge in [-0.2, -0.15) is 0 Å². The van der Waals surface area contributed by atoms with E-state index in [-0.39, 0.29) is 17.0 Å². The van der Waals surface area contributed by atoms with Gasteiger partial charge in [0.25, 0.3) is 11.5 Å². The highest BCUT2D eigenvalue weighted by Gasteiger charge is 2.25. The zero-order valence-corrected chi connectivity index (χ0v) is 14.6. The van der Waals surface area contributed by atoms with E-state index in [4.69, 9.17) is 0 Å². The Bertz CT molecular complexity index is 867. The second-order valence-electron chi connectivity index (χ2n) is 7.21. The van der Waals surface area contributed by atoms with Gasteiger partial charge in [0.2, 0.25) is 0 Å². The third-order valence-electron chi connectivity index (χ3n) is 5.46. The van der Waals surface area contributed by atoms with Crippen molar-refractivity contribution in [1.29, 1.82) is 0 Å². The number of aromatic nitrogens is 2. The van der Waals surface area contributed by atoms with Gasteiger partial charge in [-0.3, -0.25) is 14.7 Å². The molecule has 138 valence electrons. The van der Waals surface area contributed by atoms with Gasteiger partial charge in [0, 0.05) is 30.8 Å². The van der Waals surface area contributed by atoms with Crippen molar-refractivity contribution in [2.24, 2.45) is 5.92 Å². The average molecular weight is 358 g/mol. The second kappa shape index (κ2) is 7.07. The Balaban J connectivity index is 1.51. The number of amides is 1. The summed E-state index contributed by atoms with van der Waals surface area (Å²) >= 11 is 0. The van der Waals surface area contributed by atoms with E-state index in [2.05, 4.69) is 15.5 Å². The van der Waals surface area contributed by atoms with E-state index in [9.17, 15) is 14.0 Å². The molecule has 0 spiro atoms. The van der Waals surface area contributed by atoms with Crippen LogP contribution in [0.4, 0.5) is 4.39 Å². The highest BCUT2D eigenvalue weighted by molar-refractivity contribution is 5.94. The number of benzene rings is 1. The van der Waals surface area contributed by atoms with Crippen LogP contribution in [0.3, 0.4) is 0 Å². The first-order valence-corrected chi connectivity index (χ1v) is 9.18. The van der Waals surface area contributed by atoms with Crippen LogP contribution in [-0.4, -0.2) is 47.2 Å². The van der Waals surface area contributed by atoms with Crippen LogP contribution in [0.1, 0.15) is 33.6 Å². The number of hydrogen-bond donors (Lipinski definition) is 3. The molecule has 26 heavy (non-hydrogen) atoms. The summed E-state index contributed by atoms with van der Waals surface area (Å²) in [6.07, 6.45) is 3.01. The van der Waals surface area contributed by atoms with Crippen molar-refractivity contribution in [2.45, 2.75) is 25.7 Å². The molecule has 1 unspecified atom stereocenters. The molecule has 4 rings (SSSR count). The number of rotatable bonds is 3. The third-order valence-corrected chi connectivity index (χ3v) is 5.46. The number of hydrogen-bond acceptors (Lipinski definition) is 3. The molecule has 0 saturated carbocycles. The summed E-state index contributed by atoms with van der Waals surface area (Å²) in [5.74, 6) is -0.238. The second-order valence-corrected chi connectivity index (χ2v) is 7.21. The van der Waals surface area contributed by atoms with Crippen LogP contribution in [0.2, 0.25) is 0 Å². The van der Waals surface area contributed by atoms with Crippen molar-refractivity contribution in [3.63, 3.8) is 0 Å². The van der Waals surface area contributed by atoms with E-state index in [0.29, 0.717) is 37.4 Å². The monoisotopic (exact) mass is 358 g/mol. The molecule has 1 aromatic carbocycles. The van der Waals surface area contributed by atoms with Crippen molar-refractivity contribution in [1.82, 2.24) is 20.4 Å². The number of carbonyl (C=O) groups excluding carboxylic acids is 1. The number of carbonyl (C=O) groups is 1. The molecule has 2 aliphatic rings. The largest absolute Gasteiger partial charge is 0.338 e. The fraction of sp³-hybridized carbons (Fsp3) is 0.474. The summed E-state index contributed by atoms with van der Waals surface area (Å²) in [7, 11) is 0. The molecule has 1 saturated heterocycles. The quantitative estimate of drug-likeness (QED) is 0.772. The van der Waals surface area contributed by atoms with E-state index < -0.39 is 5.82 Å². The number of H-pyrrole nitrogens is 2.